The maximum Gasteiger partial charge on any atom is 0.306 e. The van der Waals surface area contributed by atoms with E-state index in [1.165, 1.54) is 7.11 Å². The zero-order valence-corrected chi connectivity index (χ0v) is 10.2. The Morgan fingerprint density at radius 1 is 1.44 bits per heavy atom. The van der Waals surface area contributed by atoms with Gasteiger partial charge in [0, 0.05) is 17.5 Å². The topological polar surface area (TPSA) is 52.3 Å². The van der Waals surface area contributed by atoms with Crippen LogP contribution < -0.4 is 5.73 Å². The van der Waals surface area contributed by atoms with Crippen LogP contribution in [0.25, 0.3) is 0 Å². The Bertz CT molecular complexity index is 316. The summed E-state index contributed by atoms with van der Waals surface area (Å²) in [4.78, 5) is 10.9. The predicted octanol–water partition coefficient (Wildman–Crippen LogP) is 1.98. The third-order valence-electron chi connectivity index (χ3n) is 2.20. The van der Waals surface area contributed by atoms with Crippen molar-refractivity contribution in [3.8, 4) is 0 Å². The smallest absolute Gasteiger partial charge is 0.306 e. The number of carbonyl (C=O) groups excluding carboxylic acids is 1. The van der Waals surface area contributed by atoms with Crippen LogP contribution >= 0.6 is 11.8 Å². The molecule has 1 rings (SSSR count). The third-order valence-corrected chi connectivity index (χ3v) is 3.29. The normalized spacial score (nSPS) is 12.1. The van der Waals surface area contributed by atoms with Crippen molar-refractivity contribution in [1.29, 1.82) is 0 Å². The van der Waals surface area contributed by atoms with Gasteiger partial charge in [0.15, 0.2) is 0 Å². The Kier molecular flexibility index (Phi) is 5.96. The highest BCUT2D eigenvalue weighted by Crippen LogP contribution is 2.16. The van der Waals surface area contributed by atoms with Crippen molar-refractivity contribution >= 4 is 17.7 Å². The van der Waals surface area contributed by atoms with E-state index in [4.69, 9.17) is 5.73 Å². The number of rotatable bonds is 6. The molecular weight excluding hydrogens is 222 g/mol. The highest BCUT2D eigenvalue weighted by molar-refractivity contribution is 7.99. The van der Waals surface area contributed by atoms with Gasteiger partial charge in [0.2, 0.25) is 0 Å². The zero-order chi connectivity index (χ0) is 11.8. The van der Waals surface area contributed by atoms with Crippen molar-refractivity contribution in [2.24, 2.45) is 5.73 Å². The Hall–Kier alpha value is -1.00. The zero-order valence-electron chi connectivity index (χ0n) is 9.39. The molecule has 1 unspecified atom stereocenters. The first-order chi connectivity index (χ1) is 7.74. The van der Waals surface area contributed by atoms with Gasteiger partial charge in [-0.2, -0.15) is 11.8 Å². The van der Waals surface area contributed by atoms with Gasteiger partial charge in [0.25, 0.3) is 0 Å². The quantitative estimate of drug-likeness (QED) is 0.609. The van der Waals surface area contributed by atoms with E-state index in [-0.39, 0.29) is 12.0 Å². The first kappa shape index (κ1) is 13.1. The highest BCUT2D eigenvalue weighted by Gasteiger charge is 2.06. The van der Waals surface area contributed by atoms with Gasteiger partial charge >= 0.3 is 5.97 Å². The average Bonchev–Trinajstić information content (AvgIpc) is 2.35. The van der Waals surface area contributed by atoms with Gasteiger partial charge in [-0.3, -0.25) is 4.79 Å². The number of hydrogen-bond donors (Lipinski definition) is 1. The lowest BCUT2D eigenvalue weighted by molar-refractivity contribution is -0.140. The minimum atomic E-state index is -0.166. The van der Waals surface area contributed by atoms with Gasteiger partial charge < -0.3 is 10.5 Å². The molecule has 1 atom stereocenters. The number of thioether (sulfide) groups is 1. The lowest BCUT2D eigenvalue weighted by atomic mass is 10.1. The van der Waals surface area contributed by atoms with E-state index in [1.54, 1.807) is 11.8 Å². The molecule has 0 fully saturated rings. The summed E-state index contributed by atoms with van der Waals surface area (Å²) in [6, 6.07) is 10.0. The van der Waals surface area contributed by atoms with Crippen molar-refractivity contribution in [3.63, 3.8) is 0 Å². The third kappa shape index (κ3) is 4.68. The van der Waals surface area contributed by atoms with E-state index in [0.29, 0.717) is 6.42 Å². The fourth-order valence-electron chi connectivity index (χ4n) is 1.26. The van der Waals surface area contributed by atoms with Crippen molar-refractivity contribution in [2.75, 3.05) is 18.6 Å². The second-order valence-corrected chi connectivity index (χ2v) is 4.57. The molecule has 0 radical (unpaired) electrons. The molecule has 2 N–H and O–H groups in total. The van der Waals surface area contributed by atoms with Crippen LogP contribution in [0.3, 0.4) is 0 Å². The van der Waals surface area contributed by atoms with Crippen LogP contribution in [0.1, 0.15) is 18.0 Å². The van der Waals surface area contributed by atoms with Gasteiger partial charge in [-0.15, -0.1) is 0 Å². The molecule has 0 spiro atoms. The molecular formula is C12H17NO2S. The van der Waals surface area contributed by atoms with Crippen LogP contribution in [0.4, 0.5) is 0 Å². The van der Waals surface area contributed by atoms with Crippen molar-refractivity contribution in [2.45, 2.75) is 12.5 Å². The maximum absolute atomic E-state index is 10.9. The van der Waals surface area contributed by atoms with E-state index >= 15 is 0 Å². The summed E-state index contributed by atoms with van der Waals surface area (Å²) >= 11 is 1.67. The monoisotopic (exact) mass is 239 g/mol. The van der Waals surface area contributed by atoms with E-state index in [9.17, 15) is 4.79 Å². The summed E-state index contributed by atoms with van der Waals surface area (Å²) in [6.07, 6.45) is 0.447. The van der Waals surface area contributed by atoms with Crippen LogP contribution in [0, 0.1) is 0 Å². The average molecular weight is 239 g/mol. The fraction of sp³-hybridized carbons (Fsp3) is 0.417. The van der Waals surface area contributed by atoms with Crippen LogP contribution in [0.15, 0.2) is 30.3 Å². The van der Waals surface area contributed by atoms with Gasteiger partial charge in [-0.25, -0.2) is 0 Å². The maximum atomic E-state index is 10.9. The summed E-state index contributed by atoms with van der Waals surface area (Å²) in [6.45, 7) is 0. The Balaban J connectivity index is 2.21. The minimum absolute atomic E-state index is 0.0313. The molecule has 0 saturated heterocycles. The molecule has 4 heteroatoms. The summed E-state index contributed by atoms with van der Waals surface area (Å²) in [7, 11) is 1.41. The molecule has 0 aromatic heterocycles. The molecule has 1 aromatic rings. The number of carbonyl (C=O) groups is 1. The second-order valence-electron chi connectivity index (χ2n) is 3.42. The predicted molar refractivity (Wildman–Crippen MR) is 67.3 cm³/mol. The molecule has 88 valence electrons. The molecule has 1 aromatic carbocycles. The van der Waals surface area contributed by atoms with Crippen LogP contribution in [-0.4, -0.2) is 24.6 Å². The number of hydrogen-bond acceptors (Lipinski definition) is 4. The van der Waals surface area contributed by atoms with E-state index in [0.717, 1.165) is 17.1 Å². The second kappa shape index (κ2) is 7.30. The van der Waals surface area contributed by atoms with E-state index in [1.807, 2.05) is 30.3 Å². The molecule has 0 amide bonds. The first-order valence-corrected chi connectivity index (χ1v) is 6.34. The van der Waals surface area contributed by atoms with Crippen molar-refractivity contribution in [3.05, 3.63) is 35.9 Å². The van der Waals surface area contributed by atoms with Crippen molar-refractivity contribution in [1.82, 2.24) is 0 Å². The number of methoxy groups -OCH3 is 1. The Labute approximate surface area is 100 Å². The molecule has 0 aliphatic heterocycles. The van der Waals surface area contributed by atoms with Gasteiger partial charge in [0.05, 0.1) is 13.5 Å². The van der Waals surface area contributed by atoms with Crippen LogP contribution in [-0.2, 0) is 9.53 Å². The SMILES string of the molecule is COC(=O)CCSCC(N)c1ccccc1. The summed E-state index contributed by atoms with van der Waals surface area (Å²) < 4.78 is 4.56. The Morgan fingerprint density at radius 2 is 2.12 bits per heavy atom. The molecule has 0 heterocycles. The standard InChI is InChI=1S/C12H17NO2S/c1-15-12(14)7-8-16-9-11(13)10-5-3-2-4-6-10/h2-6,11H,7-9,13H2,1H3. The number of esters is 1. The number of nitrogens with two attached hydrogens (primary N) is 1. The molecule has 16 heavy (non-hydrogen) atoms. The van der Waals surface area contributed by atoms with Crippen LogP contribution in [0.5, 0.6) is 0 Å². The molecule has 0 bridgehead atoms. The first-order valence-electron chi connectivity index (χ1n) is 5.19. The number of ether oxygens (including phenoxy) is 1. The van der Waals surface area contributed by atoms with Gasteiger partial charge in [-0.1, -0.05) is 30.3 Å². The summed E-state index contributed by atoms with van der Waals surface area (Å²) in [5, 5.41) is 0. The summed E-state index contributed by atoms with van der Waals surface area (Å²) in [5.41, 5.74) is 7.14. The van der Waals surface area contributed by atoms with Gasteiger partial charge in [-0.05, 0) is 5.56 Å². The largest absolute Gasteiger partial charge is 0.469 e. The minimum Gasteiger partial charge on any atom is -0.469 e. The Morgan fingerprint density at radius 3 is 2.75 bits per heavy atom. The highest BCUT2D eigenvalue weighted by atomic mass is 32.2. The van der Waals surface area contributed by atoms with E-state index < -0.39 is 0 Å². The molecule has 0 aliphatic carbocycles. The van der Waals surface area contributed by atoms with E-state index in [2.05, 4.69) is 4.74 Å². The lowest BCUT2D eigenvalue weighted by Gasteiger charge is -2.10. The van der Waals surface area contributed by atoms with Crippen LogP contribution in [0.2, 0.25) is 0 Å². The van der Waals surface area contributed by atoms with Gasteiger partial charge in [0.1, 0.15) is 0 Å². The summed E-state index contributed by atoms with van der Waals surface area (Å²) in [5.74, 6) is 1.41. The molecule has 0 aliphatic rings. The molecule has 3 nitrogen and oxygen atoms in total. The number of benzene rings is 1. The molecule has 0 saturated carbocycles. The fourth-order valence-corrected chi connectivity index (χ4v) is 2.19. The van der Waals surface area contributed by atoms with Crippen molar-refractivity contribution < 1.29 is 9.53 Å². The lowest BCUT2D eigenvalue weighted by Crippen LogP contribution is -2.13.